The summed E-state index contributed by atoms with van der Waals surface area (Å²) in [5.41, 5.74) is -0.0801. The molecule has 3 rings (SSSR count). The highest BCUT2D eigenvalue weighted by molar-refractivity contribution is 9.10. The number of aromatic nitrogens is 2. The monoisotopic (exact) mass is 377 g/mol. The van der Waals surface area contributed by atoms with E-state index in [0.717, 1.165) is 0 Å². The summed E-state index contributed by atoms with van der Waals surface area (Å²) >= 11 is 3.09. The highest BCUT2D eigenvalue weighted by Gasteiger charge is 2.29. The highest BCUT2D eigenvalue weighted by atomic mass is 79.9. The molecular weight excluding hydrogens is 366 g/mol. The van der Waals surface area contributed by atoms with Crippen LogP contribution < -0.4 is 10.3 Å². The van der Waals surface area contributed by atoms with Gasteiger partial charge < -0.3 is 4.74 Å². The molecule has 0 atom stereocenters. The van der Waals surface area contributed by atoms with E-state index >= 15 is 0 Å². The van der Waals surface area contributed by atoms with Crippen LogP contribution in [0.4, 0.5) is 5.69 Å². The Bertz CT molecular complexity index is 902. The number of nitrogens with zero attached hydrogens (tertiary/aromatic N) is 3. The van der Waals surface area contributed by atoms with Crippen LogP contribution in [-0.4, -0.2) is 20.1 Å². The Balaban J connectivity index is 2.31. The van der Waals surface area contributed by atoms with Crippen LogP contribution in [0.3, 0.4) is 0 Å². The number of pyridine rings is 2. The smallest absolute Gasteiger partial charge is 0.287 e. The molecule has 118 valence electrons. The van der Waals surface area contributed by atoms with Crippen molar-refractivity contribution in [2.24, 2.45) is 0 Å². The predicted octanol–water partition coefficient (Wildman–Crippen LogP) is 2.97. The minimum Gasteiger partial charge on any atom is -0.481 e. The van der Waals surface area contributed by atoms with Gasteiger partial charge in [-0.25, -0.2) is 0 Å². The fourth-order valence-electron chi connectivity index (χ4n) is 2.41. The summed E-state index contributed by atoms with van der Waals surface area (Å²) in [5, 5.41) is 11.1. The molecule has 2 aromatic heterocycles. The third-order valence-corrected chi connectivity index (χ3v) is 3.92. The Labute approximate surface area is 139 Å². The zero-order valence-electron chi connectivity index (χ0n) is 12.3. The molecule has 0 fully saturated rings. The van der Waals surface area contributed by atoms with Gasteiger partial charge in [0.05, 0.1) is 27.5 Å². The molecule has 23 heavy (non-hydrogen) atoms. The molecule has 1 aliphatic heterocycles. The third kappa shape index (κ3) is 2.77. The summed E-state index contributed by atoms with van der Waals surface area (Å²) < 4.78 is 7.19. The molecule has 0 N–H and O–H groups in total. The van der Waals surface area contributed by atoms with Crippen LogP contribution in [0.25, 0.3) is 5.70 Å². The molecule has 0 aliphatic carbocycles. The van der Waals surface area contributed by atoms with E-state index in [4.69, 9.17) is 4.74 Å². The molecule has 0 spiro atoms. The van der Waals surface area contributed by atoms with Crippen molar-refractivity contribution in [1.29, 1.82) is 0 Å². The van der Waals surface area contributed by atoms with Gasteiger partial charge in [0.2, 0.25) is 0 Å². The first-order chi connectivity index (χ1) is 10.8. The molecule has 2 aromatic rings. The van der Waals surface area contributed by atoms with Crippen molar-refractivity contribution in [3.63, 3.8) is 0 Å². The average molecular weight is 378 g/mol. The van der Waals surface area contributed by atoms with Crippen molar-refractivity contribution >= 4 is 27.3 Å². The van der Waals surface area contributed by atoms with E-state index in [1.165, 1.54) is 16.8 Å². The number of nitro groups is 1. The second-order valence-electron chi connectivity index (χ2n) is 5.59. The molecule has 0 saturated heterocycles. The van der Waals surface area contributed by atoms with Gasteiger partial charge in [-0.3, -0.25) is 24.5 Å². The van der Waals surface area contributed by atoms with Gasteiger partial charge in [-0.15, -0.1) is 0 Å². The van der Waals surface area contributed by atoms with Crippen LogP contribution in [-0.2, 0) is 0 Å². The number of hydrogen-bond donors (Lipinski definition) is 0. The van der Waals surface area contributed by atoms with Crippen LogP contribution in [0.2, 0.25) is 0 Å². The molecule has 0 aromatic carbocycles. The standard InChI is InChI=1S/C15H12BrN3O4/c1-15(2)6-12(10-3-4-17-7-13(10)23-15)18-8-9(19(21)22)5-11(16)14(18)20/h3-8H,1-2H3. The van der Waals surface area contributed by atoms with Crippen LogP contribution in [0.15, 0.2) is 46.1 Å². The van der Waals surface area contributed by atoms with Gasteiger partial charge in [-0.1, -0.05) is 0 Å². The fourth-order valence-corrected chi connectivity index (χ4v) is 2.83. The van der Waals surface area contributed by atoms with Gasteiger partial charge in [0.1, 0.15) is 11.4 Å². The molecule has 1 aliphatic rings. The van der Waals surface area contributed by atoms with Gasteiger partial charge >= 0.3 is 0 Å². The Hall–Kier alpha value is -2.48. The molecule has 8 heteroatoms. The summed E-state index contributed by atoms with van der Waals surface area (Å²) in [4.78, 5) is 27.0. The van der Waals surface area contributed by atoms with Gasteiger partial charge in [0, 0.05) is 17.8 Å². The zero-order valence-corrected chi connectivity index (χ0v) is 13.9. The van der Waals surface area contributed by atoms with E-state index in [0.29, 0.717) is 17.0 Å². The lowest BCUT2D eigenvalue weighted by Crippen LogP contribution is -2.32. The van der Waals surface area contributed by atoms with Crippen LogP contribution in [0.5, 0.6) is 5.75 Å². The first-order valence-corrected chi connectivity index (χ1v) is 7.51. The van der Waals surface area contributed by atoms with E-state index in [1.54, 1.807) is 24.5 Å². The average Bonchev–Trinajstić information content (AvgIpc) is 2.48. The molecule has 0 unspecified atom stereocenters. The van der Waals surface area contributed by atoms with Crippen LogP contribution in [0, 0.1) is 10.1 Å². The van der Waals surface area contributed by atoms with E-state index in [-0.39, 0.29) is 15.7 Å². The fraction of sp³-hybridized carbons (Fsp3) is 0.200. The van der Waals surface area contributed by atoms with Crippen molar-refractivity contribution in [2.75, 3.05) is 0 Å². The molecular formula is C15H12BrN3O4. The second kappa shape index (κ2) is 5.31. The SMILES string of the molecule is CC1(C)C=C(n2cc([N+](=O)[O-])cc(Br)c2=O)c2ccncc2O1. The number of fused-ring (bicyclic) bond motifs is 1. The quantitative estimate of drug-likeness (QED) is 0.592. The van der Waals surface area contributed by atoms with E-state index in [1.807, 2.05) is 13.8 Å². The molecule has 0 saturated carbocycles. The topological polar surface area (TPSA) is 87.3 Å². The van der Waals surface area contributed by atoms with E-state index in [2.05, 4.69) is 20.9 Å². The Morgan fingerprint density at radius 2 is 2.17 bits per heavy atom. The number of halogens is 1. The first-order valence-electron chi connectivity index (χ1n) is 6.72. The predicted molar refractivity (Wildman–Crippen MR) is 87.4 cm³/mol. The number of hydrogen-bond acceptors (Lipinski definition) is 5. The maximum Gasteiger partial charge on any atom is 0.287 e. The summed E-state index contributed by atoms with van der Waals surface area (Å²) in [6.07, 6.45) is 6.10. The van der Waals surface area contributed by atoms with Gasteiger partial charge in [0.15, 0.2) is 0 Å². The summed E-state index contributed by atoms with van der Waals surface area (Å²) in [5.74, 6) is 0.518. The van der Waals surface area contributed by atoms with Crippen molar-refractivity contribution in [3.05, 3.63) is 67.3 Å². The lowest BCUT2D eigenvalue weighted by atomic mass is 10.00. The summed E-state index contributed by atoms with van der Waals surface area (Å²) in [6.45, 7) is 3.67. The molecule has 3 heterocycles. The van der Waals surface area contributed by atoms with Gasteiger partial charge in [-0.05, 0) is 41.9 Å². The zero-order chi connectivity index (χ0) is 16.8. The second-order valence-corrected chi connectivity index (χ2v) is 6.44. The molecule has 0 radical (unpaired) electrons. The normalized spacial score (nSPS) is 15.3. The number of ether oxygens (including phenoxy) is 1. The van der Waals surface area contributed by atoms with Gasteiger partial charge in [0.25, 0.3) is 11.2 Å². The molecule has 7 nitrogen and oxygen atoms in total. The van der Waals surface area contributed by atoms with Crippen LogP contribution >= 0.6 is 15.9 Å². The minimum absolute atomic E-state index is 0.118. The Morgan fingerprint density at radius 3 is 2.87 bits per heavy atom. The summed E-state index contributed by atoms with van der Waals surface area (Å²) in [6, 6.07) is 2.90. The first kappa shape index (κ1) is 15.4. The molecule has 0 bridgehead atoms. The summed E-state index contributed by atoms with van der Waals surface area (Å²) in [7, 11) is 0. The largest absolute Gasteiger partial charge is 0.481 e. The molecule has 0 amide bonds. The lowest BCUT2D eigenvalue weighted by Gasteiger charge is -2.31. The Morgan fingerprint density at radius 1 is 1.43 bits per heavy atom. The van der Waals surface area contributed by atoms with Crippen molar-refractivity contribution in [1.82, 2.24) is 9.55 Å². The maximum absolute atomic E-state index is 12.5. The van der Waals surface area contributed by atoms with Crippen molar-refractivity contribution < 1.29 is 9.66 Å². The van der Waals surface area contributed by atoms with Crippen LogP contribution in [0.1, 0.15) is 19.4 Å². The van der Waals surface area contributed by atoms with E-state index < -0.39 is 10.5 Å². The van der Waals surface area contributed by atoms with Crippen molar-refractivity contribution in [3.8, 4) is 5.75 Å². The third-order valence-electron chi connectivity index (χ3n) is 3.35. The Kier molecular flexibility index (Phi) is 3.56. The minimum atomic E-state index is -0.679. The van der Waals surface area contributed by atoms with Gasteiger partial charge in [-0.2, -0.15) is 0 Å². The maximum atomic E-state index is 12.5. The highest BCUT2D eigenvalue weighted by Crippen LogP contribution is 2.36. The lowest BCUT2D eigenvalue weighted by molar-refractivity contribution is -0.385. The number of rotatable bonds is 2. The van der Waals surface area contributed by atoms with E-state index in [9.17, 15) is 14.9 Å². The van der Waals surface area contributed by atoms with Crippen molar-refractivity contribution in [2.45, 2.75) is 19.4 Å².